The average molecular weight is 256 g/mol. The van der Waals surface area contributed by atoms with Crippen LogP contribution in [-0.4, -0.2) is 62.0 Å². The third-order valence-electron chi connectivity index (χ3n) is 4.08. The molecular formula is C14H28N2O2. The van der Waals surface area contributed by atoms with Gasteiger partial charge >= 0.3 is 0 Å². The number of piperidine rings is 1. The number of hydrogen-bond donors (Lipinski definition) is 2. The third kappa shape index (κ3) is 4.84. The van der Waals surface area contributed by atoms with Crippen LogP contribution in [0.4, 0.5) is 0 Å². The average Bonchev–Trinajstić information content (AvgIpc) is 3.12. The Kier molecular flexibility index (Phi) is 5.42. The lowest BCUT2D eigenvalue weighted by Crippen LogP contribution is -2.49. The third-order valence-corrected chi connectivity index (χ3v) is 4.08. The Labute approximate surface area is 111 Å². The summed E-state index contributed by atoms with van der Waals surface area (Å²) in [4.78, 5) is 2.37. The summed E-state index contributed by atoms with van der Waals surface area (Å²) in [5, 5.41) is 13.3. The van der Waals surface area contributed by atoms with E-state index in [0.717, 1.165) is 25.6 Å². The second-order valence-corrected chi connectivity index (χ2v) is 6.18. The van der Waals surface area contributed by atoms with Crippen molar-refractivity contribution in [3.63, 3.8) is 0 Å². The molecule has 0 spiro atoms. The van der Waals surface area contributed by atoms with E-state index >= 15 is 0 Å². The first kappa shape index (κ1) is 14.3. The van der Waals surface area contributed by atoms with E-state index < -0.39 is 0 Å². The molecule has 0 radical (unpaired) electrons. The van der Waals surface area contributed by atoms with Gasteiger partial charge in [0, 0.05) is 25.7 Å². The van der Waals surface area contributed by atoms with Gasteiger partial charge in [0.25, 0.3) is 0 Å². The molecule has 2 N–H and O–H groups in total. The molecule has 0 aromatic rings. The van der Waals surface area contributed by atoms with Gasteiger partial charge in [-0.1, -0.05) is 6.92 Å². The van der Waals surface area contributed by atoms with Crippen LogP contribution in [-0.2, 0) is 4.74 Å². The fourth-order valence-corrected chi connectivity index (χ4v) is 2.66. The van der Waals surface area contributed by atoms with E-state index in [9.17, 15) is 5.11 Å². The fraction of sp³-hybridized carbons (Fsp3) is 1.00. The normalized spacial score (nSPS) is 31.5. The second-order valence-electron chi connectivity index (χ2n) is 6.18. The number of nitrogens with zero attached hydrogens (tertiary/aromatic N) is 1. The molecule has 3 unspecified atom stereocenters. The Bertz CT molecular complexity index is 246. The van der Waals surface area contributed by atoms with Gasteiger partial charge in [-0.2, -0.15) is 0 Å². The standard InChI is InChI=1S/C14H28N2O2/c1-11-8-16(2)6-5-14(11)15-7-13(17)10-18-9-12-3-4-12/h11-15,17H,3-10H2,1-2H3. The molecule has 1 aliphatic heterocycles. The molecule has 3 atom stereocenters. The van der Waals surface area contributed by atoms with Crippen LogP contribution in [0.5, 0.6) is 0 Å². The Morgan fingerprint density at radius 3 is 2.83 bits per heavy atom. The van der Waals surface area contributed by atoms with Crippen LogP contribution in [0.2, 0.25) is 0 Å². The summed E-state index contributed by atoms with van der Waals surface area (Å²) < 4.78 is 5.50. The van der Waals surface area contributed by atoms with Crippen LogP contribution in [0.1, 0.15) is 26.2 Å². The van der Waals surface area contributed by atoms with Gasteiger partial charge in [0.05, 0.1) is 12.7 Å². The van der Waals surface area contributed by atoms with Gasteiger partial charge < -0.3 is 20.1 Å². The molecule has 2 rings (SSSR count). The lowest BCUT2D eigenvalue weighted by molar-refractivity contribution is 0.0285. The molecule has 106 valence electrons. The van der Waals surface area contributed by atoms with Crippen molar-refractivity contribution in [2.24, 2.45) is 11.8 Å². The lowest BCUT2D eigenvalue weighted by Gasteiger charge is -2.35. The van der Waals surface area contributed by atoms with E-state index in [-0.39, 0.29) is 6.10 Å². The van der Waals surface area contributed by atoms with Crippen molar-refractivity contribution in [2.45, 2.75) is 38.3 Å². The van der Waals surface area contributed by atoms with Crippen LogP contribution in [0.15, 0.2) is 0 Å². The smallest absolute Gasteiger partial charge is 0.0897 e. The van der Waals surface area contributed by atoms with E-state index in [0.29, 0.717) is 25.1 Å². The van der Waals surface area contributed by atoms with Crippen molar-refractivity contribution in [1.82, 2.24) is 10.2 Å². The lowest BCUT2D eigenvalue weighted by atomic mass is 9.94. The Morgan fingerprint density at radius 2 is 2.17 bits per heavy atom. The molecule has 0 aromatic carbocycles. The first-order valence-electron chi connectivity index (χ1n) is 7.33. The van der Waals surface area contributed by atoms with Crippen molar-refractivity contribution < 1.29 is 9.84 Å². The Morgan fingerprint density at radius 1 is 1.39 bits per heavy atom. The number of nitrogens with one attached hydrogen (secondary N) is 1. The minimum Gasteiger partial charge on any atom is -0.389 e. The molecule has 4 nitrogen and oxygen atoms in total. The maximum atomic E-state index is 9.85. The molecule has 0 bridgehead atoms. The van der Waals surface area contributed by atoms with Gasteiger partial charge in [0.15, 0.2) is 0 Å². The maximum Gasteiger partial charge on any atom is 0.0897 e. The molecular weight excluding hydrogens is 228 g/mol. The van der Waals surface area contributed by atoms with E-state index in [1.807, 2.05) is 0 Å². The van der Waals surface area contributed by atoms with E-state index in [4.69, 9.17) is 4.74 Å². The predicted molar refractivity (Wildman–Crippen MR) is 72.6 cm³/mol. The van der Waals surface area contributed by atoms with Crippen molar-refractivity contribution in [3.8, 4) is 0 Å². The molecule has 1 saturated carbocycles. The van der Waals surface area contributed by atoms with Crippen LogP contribution in [0.25, 0.3) is 0 Å². The summed E-state index contributed by atoms with van der Waals surface area (Å²) in [6.45, 7) is 6.54. The van der Waals surface area contributed by atoms with Gasteiger partial charge in [-0.25, -0.2) is 0 Å². The topological polar surface area (TPSA) is 44.7 Å². The number of rotatable bonds is 7. The summed E-state index contributed by atoms with van der Waals surface area (Å²) in [5.74, 6) is 1.43. The number of ether oxygens (including phenoxy) is 1. The fourth-order valence-electron chi connectivity index (χ4n) is 2.66. The van der Waals surface area contributed by atoms with Crippen LogP contribution in [0.3, 0.4) is 0 Å². The van der Waals surface area contributed by atoms with E-state index in [2.05, 4.69) is 24.2 Å². The summed E-state index contributed by atoms with van der Waals surface area (Å²) in [6.07, 6.45) is 3.42. The van der Waals surface area contributed by atoms with E-state index in [1.54, 1.807) is 0 Å². The van der Waals surface area contributed by atoms with Crippen LogP contribution >= 0.6 is 0 Å². The molecule has 2 aliphatic rings. The van der Waals surface area contributed by atoms with Gasteiger partial charge in [-0.05, 0) is 44.7 Å². The van der Waals surface area contributed by atoms with Crippen molar-refractivity contribution >= 4 is 0 Å². The highest BCUT2D eigenvalue weighted by Crippen LogP contribution is 2.28. The number of aliphatic hydroxyl groups excluding tert-OH is 1. The highest BCUT2D eigenvalue weighted by molar-refractivity contribution is 4.82. The van der Waals surface area contributed by atoms with Gasteiger partial charge in [0.1, 0.15) is 0 Å². The second kappa shape index (κ2) is 6.85. The highest BCUT2D eigenvalue weighted by atomic mass is 16.5. The largest absolute Gasteiger partial charge is 0.389 e. The van der Waals surface area contributed by atoms with Gasteiger partial charge in [-0.15, -0.1) is 0 Å². The quantitative estimate of drug-likeness (QED) is 0.704. The molecule has 1 heterocycles. The number of hydrogen-bond acceptors (Lipinski definition) is 4. The van der Waals surface area contributed by atoms with Gasteiger partial charge in [0.2, 0.25) is 0 Å². The Balaban J connectivity index is 1.55. The SMILES string of the molecule is CC1CN(C)CCC1NCC(O)COCC1CC1. The molecule has 1 saturated heterocycles. The molecule has 0 amide bonds. The zero-order chi connectivity index (χ0) is 13.0. The molecule has 0 aromatic heterocycles. The molecule has 18 heavy (non-hydrogen) atoms. The summed E-state index contributed by atoms with van der Waals surface area (Å²) >= 11 is 0. The first-order chi connectivity index (χ1) is 8.65. The minimum absolute atomic E-state index is 0.365. The Hall–Kier alpha value is -0.160. The predicted octanol–water partition coefficient (Wildman–Crippen LogP) is 0.704. The van der Waals surface area contributed by atoms with Crippen molar-refractivity contribution in [2.75, 3.05) is 39.9 Å². The molecule has 1 aliphatic carbocycles. The number of likely N-dealkylation sites (tertiary alicyclic amines) is 1. The van der Waals surface area contributed by atoms with Crippen molar-refractivity contribution in [3.05, 3.63) is 0 Å². The summed E-state index contributed by atoms with van der Waals surface area (Å²) in [5.41, 5.74) is 0. The van der Waals surface area contributed by atoms with Crippen LogP contribution < -0.4 is 5.32 Å². The highest BCUT2D eigenvalue weighted by Gasteiger charge is 2.24. The summed E-state index contributed by atoms with van der Waals surface area (Å²) in [6, 6.07) is 0.541. The first-order valence-corrected chi connectivity index (χ1v) is 7.33. The number of aliphatic hydroxyl groups is 1. The monoisotopic (exact) mass is 256 g/mol. The minimum atomic E-state index is -0.365. The van der Waals surface area contributed by atoms with Crippen molar-refractivity contribution in [1.29, 1.82) is 0 Å². The zero-order valence-corrected chi connectivity index (χ0v) is 11.8. The molecule has 4 heteroatoms. The molecule has 2 fully saturated rings. The maximum absolute atomic E-state index is 9.85. The van der Waals surface area contributed by atoms with Gasteiger partial charge in [-0.3, -0.25) is 0 Å². The zero-order valence-electron chi connectivity index (χ0n) is 11.8. The van der Waals surface area contributed by atoms with Crippen LogP contribution in [0, 0.1) is 11.8 Å². The summed E-state index contributed by atoms with van der Waals surface area (Å²) in [7, 11) is 2.17. The van der Waals surface area contributed by atoms with E-state index in [1.165, 1.54) is 19.3 Å².